The van der Waals surface area contributed by atoms with E-state index in [0.717, 1.165) is 18.7 Å². The van der Waals surface area contributed by atoms with E-state index in [2.05, 4.69) is 27.5 Å². The number of anilines is 1. The summed E-state index contributed by atoms with van der Waals surface area (Å²) >= 11 is 12.2. The smallest absolute Gasteiger partial charge is 0.145 e. The van der Waals surface area contributed by atoms with E-state index < -0.39 is 0 Å². The number of aryl methyl sites for hydroxylation is 1. The zero-order valence-electron chi connectivity index (χ0n) is 10.1. The minimum absolute atomic E-state index is 0.479. The molecule has 2 rings (SSSR count). The topological polar surface area (TPSA) is 55.6 Å². The van der Waals surface area contributed by atoms with E-state index in [-0.39, 0.29) is 0 Å². The van der Waals surface area contributed by atoms with Gasteiger partial charge in [-0.15, -0.1) is 5.10 Å². The van der Waals surface area contributed by atoms with Crippen LogP contribution >= 0.6 is 23.2 Å². The molecule has 0 radical (unpaired) electrons. The number of nitrogens with zero attached hydrogens (tertiary/aromatic N) is 4. The molecule has 0 aliphatic rings. The lowest BCUT2D eigenvalue weighted by atomic mass is 10.2. The zero-order valence-corrected chi connectivity index (χ0v) is 11.6. The van der Waals surface area contributed by atoms with Crippen LogP contribution in [0.3, 0.4) is 0 Å². The van der Waals surface area contributed by atoms with Gasteiger partial charge >= 0.3 is 0 Å². The Hall–Kier alpha value is -1.33. The second kappa shape index (κ2) is 5.54. The minimum atomic E-state index is 0.479. The summed E-state index contributed by atoms with van der Waals surface area (Å²) in [5.41, 5.74) is 1.36. The molecule has 0 aliphatic heterocycles. The van der Waals surface area contributed by atoms with Gasteiger partial charge in [-0.25, -0.2) is 9.67 Å². The van der Waals surface area contributed by atoms with E-state index in [1.54, 1.807) is 24.0 Å². The van der Waals surface area contributed by atoms with Crippen LogP contribution in [0.5, 0.6) is 0 Å². The second-order valence-corrected chi connectivity index (χ2v) is 4.63. The van der Waals surface area contributed by atoms with Crippen molar-refractivity contribution >= 4 is 29.0 Å². The Kier molecular flexibility index (Phi) is 4.04. The van der Waals surface area contributed by atoms with E-state index in [0.29, 0.717) is 21.6 Å². The summed E-state index contributed by atoms with van der Waals surface area (Å²) in [5.74, 6) is 0.624. The Morgan fingerprint density at radius 3 is 2.72 bits per heavy atom. The lowest BCUT2D eigenvalue weighted by Gasteiger charge is -2.10. The van der Waals surface area contributed by atoms with Crippen LogP contribution in [0.1, 0.15) is 13.3 Å². The van der Waals surface area contributed by atoms with Crippen LogP contribution in [0, 0.1) is 0 Å². The summed E-state index contributed by atoms with van der Waals surface area (Å²) in [5, 5.41) is 11.8. The highest BCUT2D eigenvalue weighted by atomic mass is 35.5. The average Bonchev–Trinajstić information content (AvgIpc) is 2.74. The van der Waals surface area contributed by atoms with Gasteiger partial charge in [-0.2, -0.15) is 0 Å². The summed E-state index contributed by atoms with van der Waals surface area (Å²) in [4.78, 5) is 4.44. The van der Waals surface area contributed by atoms with E-state index >= 15 is 0 Å². The molecule has 0 aromatic carbocycles. The monoisotopic (exact) mass is 285 g/mol. The van der Waals surface area contributed by atoms with Gasteiger partial charge in [0.25, 0.3) is 0 Å². The van der Waals surface area contributed by atoms with Crippen LogP contribution in [-0.2, 0) is 7.05 Å². The maximum Gasteiger partial charge on any atom is 0.145 e. The second-order valence-electron chi connectivity index (χ2n) is 3.82. The molecule has 0 saturated heterocycles. The Morgan fingerprint density at radius 1 is 1.33 bits per heavy atom. The van der Waals surface area contributed by atoms with Crippen molar-refractivity contribution in [2.75, 3.05) is 11.9 Å². The average molecular weight is 286 g/mol. The van der Waals surface area contributed by atoms with Gasteiger partial charge in [0.05, 0.1) is 16.2 Å². The molecule has 0 bridgehead atoms. The number of pyridine rings is 1. The standard InChI is InChI=1S/C11H13Cl2N5/c1-3-4-14-11-8(13)5-7(12)10(16-11)9-6-15-17-18(9)2/h5-6H,3-4H2,1-2H3,(H,14,16). The van der Waals surface area contributed by atoms with Crippen molar-refractivity contribution in [1.82, 2.24) is 20.0 Å². The summed E-state index contributed by atoms with van der Waals surface area (Å²) in [6, 6.07) is 1.68. The van der Waals surface area contributed by atoms with Gasteiger partial charge in [0.2, 0.25) is 0 Å². The predicted octanol–water partition coefficient (Wildman–Crippen LogP) is 3.01. The Balaban J connectivity index is 2.45. The number of halogens is 2. The first-order valence-electron chi connectivity index (χ1n) is 5.58. The third-order valence-corrected chi connectivity index (χ3v) is 3.01. The molecule has 2 aromatic rings. The van der Waals surface area contributed by atoms with E-state index in [9.17, 15) is 0 Å². The molecule has 7 heteroatoms. The van der Waals surface area contributed by atoms with Gasteiger partial charge in [0.1, 0.15) is 17.2 Å². The van der Waals surface area contributed by atoms with Crippen molar-refractivity contribution < 1.29 is 0 Å². The SMILES string of the molecule is CCCNc1nc(-c2cnnn2C)c(Cl)cc1Cl. The highest BCUT2D eigenvalue weighted by Gasteiger charge is 2.14. The van der Waals surface area contributed by atoms with E-state index in [1.807, 2.05) is 0 Å². The maximum atomic E-state index is 6.16. The van der Waals surface area contributed by atoms with Crippen molar-refractivity contribution in [3.8, 4) is 11.4 Å². The zero-order chi connectivity index (χ0) is 13.1. The summed E-state index contributed by atoms with van der Waals surface area (Å²) < 4.78 is 1.62. The third kappa shape index (κ3) is 2.57. The predicted molar refractivity (Wildman–Crippen MR) is 73.0 cm³/mol. The van der Waals surface area contributed by atoms with Gasteiger partial charge in [0, 0.05) is 13.6 Å². The quantitative estimate of drug-likeness (QED) is 0.938. The van der Waals surface area contributed by atoms with Crippen molar-refractivity contribution in [2.24, 2.45) is 7.05 Å². The Labute approximate surface area is 115 Å². The molecule has 0 fully saturated rings. The Morgan fingerprint density at radius 2 is 2.11 bits per heavy atom. The van der Waals surface area contributed by atoms with Crippen molar-refractivity contribution in [3.63, 3.8) is 0 Å². The molecule has 2 heterocycles. The number of aromatic nitrogens is 4. The van der Waals surface area contributed by atoms with Crippen molar-refractivity contribution in [3.05, 3.63) is 22.3 Å². The van der Waals surface area contributed by atoms with E-state index in [4.69, 9.17) is 23.2 Å². The molecule has 96 valence electrons. The maximum absolute atomic E-state index is 6.16. The number of hydrogen-bond donors (Lipinski definition) is 1. The van der Waals surface area contributed by atoms with Crippen LogP contribution in [0.2, 0.25) is 10.0 Å². The van der Waals surface area contributed by atoms with Crippen LogP contribution < -0.4 is 5.32 Å². The molecule has 0 unspecified atom stereocenters. The fraction of sp³-hybridized carbons (Fsp3) is 0.364. The molecule has 0 saturated carbocycles. The van der Waals surface area contributed by atoms with Gasteiger partial charge in [0.15, 0.2) is 0 Å². The van der Waals surface area contributed by atoms with Crippen molar-refractivity contribution in [1.29, 1.82) is 0 Å². The fourth-order valence-electron chi connectivity index (χ4n) is 1.52. The molecule has 0 spiro atoms. The van der Waals surface area contributed by atoms with Gasteiger partial charge in [-0.05, 0) is 12.5 Å². The first-order chi connectivity index (χ1) is 8.63. The summed E-state index contributed by atoms with van der Waals surface area (Å²) in [7, 11) is 1.79. The number of nitrogens with one attached hydrogen (secondary N) is 1. The first-order valence-corrected chi connectivity index (χ1v) is 6.34. The molecule has 18 heavy (non-hydrogen) atoms. The lowest BCUT2D eigenvalue weighted by Crippen LogP contribution is -2.04. The van der Waals surface area contributed by atoms with Crippen LogP contribution in [0.15, 0.2) is 12.3 Å². The molecular weight excluding hydrogens is 273 g/mol. The van der Waals surface area contributed by atoms with Gasteiger partial charge < -0.3 is 5.32 Å². The van der Waals surface area contributed by atoms with Crippen LogP contribution in [-0.4, -0.2) is 26.5 Å². The Bertz CT molecular complexity index is 552. The molecule has 1 N–H and O–H groups in total. The molecule has 0 amide bonds. The highest BCUT2D eigenvalue weighted by molar-refractivity contribution is 6.37. The fourth-order valence-corrected chi connectivity index (χ4v) is 2.04. The number of rotatable bonds is 4. The lowest BCUT2D eigenvalue weighted by molar-refractivity contribution is 0.719. The molecule has 0 aliphatic carbocycles. The summed E-state index contributed by atoms with van der Waals surface area (Å²) in [6.45, 7) is 2.88. The normalized spacial score (nSPS) is 10.7. The molecule has 5 nitrogen and oxygen atoms in total. The molecule has 0 atom stereocenters. The van der Waals surface area contributed by atoms with Crippen LogP contribution in [0.25, 0.3) is 11.4 Å². The van der Waals surface area contributed by atoms with Gasteiger partial charge in [-0.3, -0.25) is 0 Å². The van der Waals surface area contributed by atoms with Gasteiger partial charge in [-0.1, -0.05) is 35.3 Å². The largest absolute Gasteiger partial charge is 0.369 e. The third-order valence-electron chi connectivity index (χ3n) is 2.43. The minimum Gasteiger partial charge on any atom is -0.369 e. The summed E-state index contributed by atoms with van der Waals surface area (Å²) in [6.07, 6.45) is 2.61. The molecule has 2 aromatic heterocycles. The number of hydrogen-bond acceptors (Lipinski definition) is 4. The van der Waals surface area contributed by atoms with E-state index in [1.165, 1.54) is 0 Å². The molecular formula is C11H13Cl2N5. The van der Waals surface area contributed by atoms with Crippen LogP contribution in [0.4, 0.5) is 5.82 Å². The first kappa shape index (κ1) is 13.1. The van der Waals surface area contributed by atoms with Crippen molar-refractivity contribution in [2.45, 2.75) is 13.3 Å². The highest BCUT2D eigenvalue weighted by Crippen LogP contribution is 2.31.